The quantitative estimate of drug-likeness (QED) is 0.792. The SMILES string of the molecule is CC1CCN(C(=O)COc2ccc(Br)cc2C(C)(C)C)CC1. The molecule has 0 spiro atoms. The van der Waals surface area contributed by atoms with Crippen LogP contribution in [0.2, 0.25) is 0 Å². The van der Waals surface area contributed by atoms with Crippen LogP contribution in [0.5, 0.6) is 5.75 Å². The number of hydrogen-bond acceptors (Lipinski definition) is 2. The zero-order valence-electron chi connectivity index (χ0n) is 14.0. The molecule has 1 aromatic carbocycles. The van der Waals surface area contributed by atoms with Gasteiger partial charge in [-0.3, -0.25) is 4.79 Å². The molecule has 1 aliphatic heterocycles. The van der Waals surface area contributed by atoms with E-state index < -0.39 is 0 Å². The van der Waals surface area contributed by atoms with Crippen LogP contribution in [0.25, 0.3) is 0 Å². The lowest BCUT2D eigenvalue weighted by molar-refractivity contribution is -0.134. The average Bonchev–Trinajstić information content (AvgIpc) is 2.45. The summed E-state index contributed by atoms with van der Waals surface area (Å²) < 4.78 is 6.88. The predicted molar refractivity (Wildman–Crippen MR) is 93.3 cm³/mol. The number of halogens is 1. The lowest BCUT2D eigenvalue weighted by Gasteiger charge is -2.30. The van der Waals surface area contributed by atoms with E-state index in [2.05, 4.69) is 49.7 Å². The molecule has 0 bridgehead atoms. The number of rotatable bonds is 3. The average molecular weight is 368 g/mol. The second-order valence-corrected chi connectivity index (χ2v) is 8.16. The minimum absolute atomic E-state index is 0.0251. The molecule has 3 nitrogen and oxygen atoms in total. The molecule has 22 heavy (non-hydrogen) atoms. The fourth-order valence-electron chi connectivity index (χ4n) is 2.70. The van der Waals surface area contributed by atoms with E-state index in [1.165, 1.54) is 0 Å². The van der Waals surface area contributed by atoms with Gasteiger partial charge in [0.1, 0.15) is 5.75 Å². The smallest absolute Gasteiger partial charge is 0.260 e. The van der Waals surface area contributed by atoms with Gasteiger partial charge < -0.3 is 9.64 Å². The Balaban J connectivity index is 2.01. The normalized spacial score (nSPS) is 16.7. The third kappa shape index (κ3) is 4.48. The van der Waals surface area contributed by atoms with Crippen molar-refractivity contribution in [2.24, 2.45) is 5.92 Å². The Morgan fingerprint density at radius 2 is 1.95 bits per heavy atom. The van der Waals surface area contributed by atoms with Crippen LogP contribution in [-0.4, -0.2) is 30.5 Å². The Morgan fingerprint density at radius 1 is 1.32 bits per heavy atom. The molecule has 0 N–H and O–H groups in total. The molecule has 1 aromatic rings. The minimum Gasteiger partial charge on any atom is -0.483 e. The summed E-state index contributed by atoms with van der Waals surface area (Å²) in [6.07, 6.45) is 2.19. The van der Waals surface area contributed by atoms with Gasteiger partial charge in [-0.25, -0.2) is 0 Å². The molecule has 0 unspecified atom stereocenters. The van der Waals surface area contributed by atoms with Crippen LogP contribution in [0, 0.1) is 5.92 Å². The number of amides is 1. The topological polar surface area (TPSA) is 29.5 Å². The number of carbonyl (C=O) groups is 1. The molecule has 1 saturated heterocycles. The van der Waals surface area contributed by atoms with E-state index in [0.717, 1.165) is 47.6 Å². The van der Waals surface area contributed by atoms with Crippen molar-refractivity contribution in [1.29, 1.82) is 0 Å². The van der Waals surface area contributed by atoms with Crippen LogP contribution in [0.3, 0.4) is 0 Å². The van der Waals surface area contributed by atoms with E-state index in [1.807, 2.05) is 17.0 Å². The summed E-state index contributed by atoms with van der Waals surface area (Å²) in [5.74, 6) is 1.62. The zero-order chi connectivity index (χ0) is 16.3. The molecule has 4 heteroatoms. The number of likely N-dealkylation sites (tertiary alicyclic amines) is 1. The summed E-state index contributed by atoms with van der Waals surface area (Å²) in [5.41, 5.74) is 1.09. The zero-order valence-corrected chi connectivity index (χ0v) is 15.6. The van der Waals surface area contributed by atoms with Crippen molar-refractivity contribution in [1.82, 2.24) is 4.90 Å². The van der Waals surface area contributed by atoms with Crippen molar-refractivity contribution >= 4 is 21.8 Å². The molecule has 0 saturated carbocycles. The molecule has 0 atom stereocenters. The summed E-state index contributed by atoms with van der Waals surface area (Å²) in [5, 5.41) is 0. The Hall–Kier alpha value is -1.03. The van der Waals surface area contributed by atoms with Crippen LogP contribution in [-0.2, 0) is 10.2 Å². The second kappa shape index (κ2) is 7.03. The van der Waals surface area contributed by atoms with E-state index in [1.54, 1.807) is 0 Å². The van der Waals surface area contributed by atoms with Gasteiger partial charge in [0.05, 0.1) is 0 Å². The fourth-order valence-corrected chi connectivity index (χ4v) is 3.06. The maximum atomic E-state index is 12.3. The first-order valence-electron chi connectivity index (χ1n) is 7.98. The molecule has 1 aliphatic rings. The highest BCUT2D eigenvalue weighted by atomic mass is 79.9. The van der Waals surface area contributed by atoms with Crippen LogP contribution >= 0.6 is 15.9 Å². The first kappa shape index (κ1) is 17.3. The van der Waals surface area contributed by atoms with Crippen molar-refractivity contribution in [3.05, 3.63) is 28.2 Å². The van der Waals surface area contributed by atoms with Crippen molar-refractivity contribution in [3.63, 3.8) is 0 Å². The number of hydrogen-bond donors (Lipinski definition) is 0. The maximum Gasteiger partial charge on any atom is 0.260 e. The molecular weight excluding hydrogens is 342 g/mol. The van der Waals surface area contributed by atoms with E-state index in [-0.39, 0.29) is 17.9 Å². The third-order valence-corrected chi connectivity index (χ3v) is 4.73. The van der Waals surface area contributed by atoms with Crippen molar-refractivity contribution in [3.8, 4) is 5.75 Å². The van der Waals surface area contributed by atoms with Gasteiger partial charge in [0, 0.05) is 23.1 Å². The second-order valence-electron chi connectivity index (χ2n) is 7.24. The molecule has 0 radical (unpaired) electrons. The lowest BCUT2D eigenvalue weighted by Crippen LogP contribution is -2.40. The monoisotopic (exact) mass is 367 g/mol. The highest BCUT2D eigenvalue weighted by Gasteiger charge is 2.23. The molecule has 1 amide bonds. The van der Waals surface area contributed by atoms with E-state index >= 15 is 0 Å². The number of ether oxygens (including phenoxy) is 1. The number of piperidine rings is 1. The Labute approximate surface area is 142 Å². The molecular formula is C18H26BrNO2. The largest absolute Gasteiger partial charge is 0.483 e. The van der Waals surface area contributed by atoms with Gasteiger partial charge >= 0.3 is 0 Å². The Bertz CT molecular complexity index is 528. The van der Waals surface area contributed by atoms with Gasteiger partial charge in [-0.2, -0.15) is 0 Å². The van der Waals surface area contributed by atoms with Gasteiger partial charge in [0.2, 0.25) is 0 Å². The highest BCUT2D eigenvalue weighted by Crippen LogP contribution is 2.33. The number of benzene rings is 1. The van der Waals surface area contributed by atoms with Crippen LogP contribution in [0.1, 0.15) is 46.1 Å². The van der Waals surface area contributed by atoms with Crippen LogP contribution < -0.4 is 4.74 Å². The standard InChI is InChI=1S/C18H26BrNO2/c1-13-7-9-20(10-8-13)17(21)12-22-16-6-5-14(19)11-15(16)18(2,3)4/h5-6,11,13H,7-10,12H2,1-4H3. The molecule has 1 heterocycles. The third-order valence-electron chi connectivity index (χ3n) is 4.24. The number of carbonyl (C=O) groups excluding carboxylic acids is 1. The van der Waals surface area contributed by atoms with Gasteiger partial charge in [0.25, 0.3) is 5.91 Å². The predicted octanol–water partition coefficient (Wildman–Crippen LogP) is 4.38. The molecule has 122 valence electrons. The minimum atomic E-state index is -0.0251. The molecule has 1 fully saturated rings. The first-order chi connectivity index (χ1) is 10.3. The van der Waals surface area contributed by atoms with Crippen molar-refractivity contribution in [2.45, 2.75) is 46.0 Å². The van der Waals surface area contributed by atoms with E-state index in [9.17, 15) is 4.79 Å². The molecule has 0 aromatic heterocycles. The van der Waals surface area contributed by atoms with Gasteiger partial charge in [-0.1, -0.05) is 43.6 Å². The fraction of sp³-hybridized carbons (Fsp3) is 0.611. The van der Waals surface area contributed by atoms with Gasteiger partial charge in [0.15, 0.2) is 6.61 Å². The van der Waals surface area contributed by atoms with E-state index in [0.29, 0.717) is 0 Å². The summed E-state index contributed by atoms with van der Waals surface area (Å²) in [7, 11) is 0. The first-order valence-corrected chi connectivity index (χ1v) is 8.77. The Kier molecular flexibility index (Phi) is 5.54. The molecule has 0 aliphatic carbocycles. The lowest BCUT2D eigenvalue weighted by atomic mass is 9.86. The van der Waals surface area contributed by atoms with Gasteiger partial charge in [-0.05, 0) is 42.4 Å². The highest BCUT2D eigenvalue weighted by molar-refractivity contribution is 9.10. The molecule has 2 rings (SSSR count). The number of nitrogens with zero attached hydrogens (tertiary/aromatic N) is 1. The maximum absolute atomic E-state index is 12.3. The Morgan fingerprint density at radius 3 is 2.55 bits per heavy atom. The summed E-state index contributed by atoms with van der Waals surface area (Å²) in [4.78, 5) is 14.2. The summed E-state index contributed by atoms with van der Waals surface area (Å²) in [6.45, 7) is 10.5. The summed E-state index contributed by atoms with van der Waals surface area (Å²) in [6, 6.07) is 5.97. The van der Waals surface area contributed by atoms with E-state index in [4.69, 9.17) is 4.74 Å². The van der Waals surface area contributed by atoms with Crippen LogP contribution in [0.15, 0.2) is 22.7 Å². The van der Waals surface area contributed by atoms with Crippen LogP contribution in [0.4, 0.5) is 0 Å². The van der Waals surface area contributed by atoms with Gasteiger partial charge in [-0.15, -0.1) is 0 Å². The van der Waals surface area contributed by atoms with Crippen molar-refractivity contribution in [2.75, 3.05) is 19.7 Å². The van der Waals surface area contributed by atoms with Crippen molar-refractivity contribution < 1.29 is 9.53 Å². The summed E-state index contributed by atoms with van der Waals surface area (Å²) >= 11 is 3.51.